The smallest absolute Gasteiger partial charge is 0.226 e. The Bertz CT molecular complexity index is 692. The number of fused-ring (bicyclic) bond motifs is 1. The highest BCUT2D eigenvalue weighted by atomic mass is 32.1. The number of rotatable bonds is 3. The van der Waals surface area contributed by atoms with Crippen molar-refractivity contribution in [2.75, 3.05) is 5.32 Å². The van der Waals surface area contributed by atoms with Gasteiger partial charge in [-0.15, -0.1) is 0 Å². The molecule has 0 spiro atoms. The molecule has 2 aromatic rings. The molecule has 4 heteroatoms. The summed E-state index contributed by atoms with van der Waals surface area (Å²) in [4.78, 5) is 12.0. The Labute approximate surface area is 136 Å². The van der Waals surface area contributed by atoms with Crippen LogP contribution in [-0.4, -0.2) is 11.0 Å². The van der Waals surface area contributed by atoms with Gasteiger partial charge in [-0.05, 0) is 53.9 Å². The third-order valence-electron chi connectivity index (χ3n) is 4.21. The van der Waals surface area contributed by atoms with Crippen LogP contribution < -0.4 is 10.6 Å². The largest absolute Gasteiger partial charge is 0.332 e. The lowest BCUT2D eigenvalue weighted by Gasteiger charge is -2.12. The number of thiocarbonyl (C=S) groups is 1. The lowest BCUT2D eigenvalue weighted by Crippen LogP contribution is -2.34. The molecule has 0 atom stereocenters. The van der Waals surface area contributed by atoms with Gasteiger partial charge in [0.15, 0.2) is 5.11 Å². The van der Waals surface area contributed by atoms with Crippen LogP contribution in [0, 0.1) is 5.92 Å². The first-order valence-corrected chi connectivity index (χ1v) is 8.21. The number of nitrogens with one attached hydrogen (secondary N) is 2. The van der Waals surface area contributed by atoms with E-state index in [0.29, 0.717) is 17.5 Å². The Morgan fingerprint density at radius 3 is 2.59 bits per heavy atom. The van der Waals surface area contributed by atoms with Crippen LogP contribution in [-0.2, 0) is 4.79 Å². The van der Waals surface area contributed by atoms with E-state index in [-0.39, 0.29) is 5.91 Å². The maximum absolute atomic E-state index is 12.0. The maximum atomic E-state index is 12.0. The van der Waals surface area contributed by atoms with Crippen molar-refractivity contribution in [1.82, 2.24) is 5.32 Å². The van der Waals surface area contributed by atoms with Crippen molar-refractivity contribution in [3.05, 3.63) is 42.5 Å². The molecule has 1 amide bonds. The molecule has 3 rings (SSSR count). The van der Waals surface area contributed by atoms with Gasteiger partial charge in [-0.3, -0.25) is 4.79 Å². The van der Waals surface area contributed by atoms with Crippen LogP contribution in [0.4, 0.5) is 5.69 Å². The second-order valence-electron chi connectivity index (χ2n) is 5.92. The highest BCUT2D eigenvalue weighted by Gasteiger charge is 2.18. The summed E-state index contributed by atoms with van der Waals surface area (Å²) >= 11 is 5.23. The van der Waals surface area contributed by atoms with E-state index in [4.69, 9.17) is 12.2 Å². The fourth-order valence-electron chi connectivity index (χ4n) is 3.08. The van der Waals surface area contributed by atoms with Gasteiger partial charge >= 0.3 is 0 Å². The van der Waals surface area contributed by atoms with E-state index in [2.05, 4.69) is 22.8 Å². The van der Waals surface area contributed by atoms with E-state index in [0.717, 1.165) is 23.9 Å². The Morgan fingerprint density at radius 2 is 1.82 bits per heavy atom. The van der Waals surface area contributed by atoms with Gasteiger partial charge in [0.2, 0.25) is 5.91 Å². The van der Waals surface area contributed by atoms with Crippen molar-refractivity contribution in [2.24, 2.45) is 5.92 Å². The molecule has 1 fully saturated rings. The summed E-state index contributed by atoms with van der Waals surface area (Å²) < 4.78 is 0. The zero-order valence-electron chi connectivity index (χ0n) is 12.5. The van der Waals surface area contributed by atoms with Gasteiger partial charge in [-0.1, -0.05) is 43.2 Å². The molecule has 0 aliphatic heterocycles. The molecule has 1 aliphatic rings. The number of amides is 1. The second kappa shape index (κ2) is 6.88. The molecule has 1 saturated carbocycles. The molecule has 114 valence electrons. The third kappa shape index (κ3) is 3.83. The first kappa shape index (κ1) is 15.0. The molecule has 0 heterocycles. The molecule has 0 bridgehead atoms. The van der Waals surface area contributed by atoms with Gasteiger partial charge in [0.1, 0.15) is 0 Å². The lowest BCUT2D eigenvalue weighted by molar-refractivity contribution is -0.120. The van der Waals surface area contributed by atoms with Gasteiger partial charge in [0.25, 0.3) is 0 Å². The molecule has 0 aromatic heterocycles. The van der Waals surface area contributed by atoms with E-state index >= 15 is 0 Å². The number of hydrogen-bond donors (Lipinski definition) is 2. The number of carbonyl (C=O) groups is 1. The molecular weight excluding hydrogens is 292 g/mol. The second-order valence-corrected chi connectivity index (χ2v) is 6.33. The van der Waals surface area contributed by atoms with E-state index in [1.807, 2.05) is 30.3 Å². The predicted molar refractivity (Wildman–Crippen MR) is 94.9 cm³/mol. The Hall–Kier alpha value is -1.94. The van der Waals surface area contributed by atoms with Crippen LogP contribution >= 0.6 is 12.2 Å². The summed E-state index contributed by atoms with van der Waals surface area (Å²) in [6.07, 6.45) is 5.41. The van der Waals surface area contributed by atoms with Gasteiger partial charge in [-0.2, -0.15) is 0 Å². The molecule has 2 N–H and O–H groups in total. The molecule has 22 heavy (non-hydrogen) atoms. The molecule has 3 nitrogen and oxygen atoms in total. The Morgan fingerprint density at radius 1 is 1.09 bits per heavy atom. The van der Waals surface area contributed by atoms with Gasteiger partial charge in [0, 0.05) is 12.1 Å². The normalized spacial score (nSPS) is 14.9. The Balaban J connectivity index is 1.56. The van der Waals surface area contributed by atoms with E-state index in [9.17, 15) is 4.79 Å². The highest BCUT2D eigenvalue weighted by Crippen LogP contribution is 2.27. The zero-order chi connectivity index (χ0) is 15.4. The number of carbonyl (C=O) groups excluding carboxylic acids is 1. The lowest BCUT2D eigenvalue weighted by atomic mass is 10.0. The van der Waals surface area contributed by atoms with Crippen molar-refractivity contribution in [3.8, 4) is 0 Å². The van der Waals surface area contributed by atoms with Crippen molar-refractivity contribution >= 4 is 39.7 Å². The summed E-state index contributed by atoms with van der Waals surface area (Å²) in [5.41, 5.74) is 0.893. The number of benzene rings is 2. The third-order valence-corrected chi connectivity index (χ3v) is 4.41. The van der Waals surface area contributed by atoms with Gasteiger partial charge in [-0.25, -0.2) is 0 Å². The highest BCUT2D eigenvalue weighted by molar-refractivity contribution is 7.80. The van der Waals surface area contributed by atoms with Crippen molar-refractivity contribution in [1.29, 1.82) is 0 Å². The maximum Gasteiger partial charge on any atom is 0.226 e. The Kier molecular flexibility index (Phi) is 4.68. The predicted octanol–water partition coefficient (Wildman–Crippen LogP) is 4.23. The van der Waals surface area contributed by atoms with Gasteiger partial charge < -0.3 is 10.6 Å². The minimum Gasteiger partial charge on any atom is -0.332 e. The van der Waals surface area contributed by atoms with Crippen LogP contribution in [0.25, 0.3) is 10.8 Å². The molecular formula is C18H20N2OS. The van der Waals surface area contributed by atoms with Crippen molar-refractivity contribution < 1.29 is 4.79 Å². The summed E-state index contributed by atoms with van der Waals surface area (Å²) in [6.45, 7) is 0. The van der Waals surface area contributed by atoms with E-state index in [1.54, 1.807) is 0 Å². The first-order valence-electron chi connectivity index (χ1n) is 7.80. The molecule has 1 aliphatic carbocycles. The molecule has 0 radical (unpaired) electrons. The van der Waals surface area contributed by atoms with Crippen LogP contribution in [0.1, 0.15) is 32.1 Å². The summed E-state index contributed by atoms with van der Waals surface area (Å²) in [6, 6.07) is 14.2. The number of hydrogen-bond acceptors (Lipinski definition) is 2. The SMILES string of the molecule is O=C(CC1CCCC1)NC(=S)Nc1ccc2ccccc2c1. The summed E-state index contributed by atoms with van der Waals surface area (Å²) in [5.74, 6) is 0.550. The van der Waals surface area contributed by atoms with Crippen molar-refractivity contribution in [2.45, 2.75) is 32.1 Å². The topological polar surface area (TPSA) is 41.1 Å². The standard InChI is InChI=1S/C18H20N2OS/c21-17(11-13-5-1-2-6-13)20-18(22)19-16-10-9-14-7-3-4-8-15(14)12-16/h3-4,7-10,12-13H,1-2,5-6,11H2,(H2,19,20,21,22). The number of anilines is 1. The zero-order valence-corrected chi connectivity index (χ0v) is 13.3. The van der Waals surface area contributed by atoms with Crippen LogP contribution in [0.3, 0.4) is 0 Å². The fraction of sp³-hybridized carbons (Fsp3) is 0.333. The monoisotopic (exact) mass is 312 g/mol. The van der Waals surface area contributed by atoms with Crippen LogP contribution in [0.15, 0.2) is 42.5 Å². The first-order chi connectivity index (χ1) is 10.7. The quantitative estimate of drug-likeness (QED) is 0.833. The molecule has 0 unspecified atom stereocenters. The molecule has 2 aromatic carbocycles. The minimum absolute atomic E-state index is 0.0187. The van der Waals surface area contributed by atoms with Crippen LogP contribution in [0.5, 0.6) is 0 Å². The fourth-order valence-corrected chi connectivity index (χ4v) is 3.32. The van der Waals surface area contributed by atoms with E-state index < -0.39 is 0 Å². The summed E-state index contributed by atoms with van der Waals surface area (Å²) in [5, 5.41) is 8.58. The van der Waals surface area contributed by atoms with Gasteiger partial charge in [0.05, 0.1) is 0 Å². The van der Waals surface area contributed by atoms with Crippen molar-refractivity contribution in [3.63, 3.8) is 0 Å². The molecule has 0 saturated heterocycles. The van der Waals surface area contributed by atoms with E-state index in [1.165, 1.54) is 18.2 Å². The van der Waals surface area contributed by atoms with Crippen LogP contribution in [0.2, 0.25) is 0 Å². The average molecular weight is 312 g/mol. The average Bonchev–Trinajstić information content (AvgIpc) is 2.99. The summed E-state index contributed by atoms with van der Waals surface area (Å²) in [7, 11) is 0. The minimum atomic E-state index is 0.0187.